The number of methoxy groups -OCH3 is 1. The average molecular weight is 790 g/mol. The van der Waals surface area contributed by atoms with E-state index in [-0.39, 0.29) is 54.2 Å². The number of aliphatic hydroxyl groups excluding tert-OH is 1. The number of carboxylic acids is 1. The number of ether oxygens (including phenoxy) is 5. The number of hydrogen-bond donors (Lipinski definition) is 3. The number of nitrogens with two attached hydrogens (primary N) is 1. The second-order valence-electron chi connectivity index (χ2n) is 11.8. The maximum Gasteiger partial charge on any atom is 0.336 e. The fraction of sp³-hybridized carbons (Fsp3) is 0.429. The first-order valence-electron chi connectivity index (χ1n) is 17.5. The third-order valence-electron chi connectivity index (χ3n) is 6.12. The van der Waals surface area contributed by atoms with Crippen LogP contribution in [0.25, 0.3) is 0 Å². The summed E-state index contributed by atoms with van der Waals surface area (Å²) in [6, 6.07) is 9.55. The number of carboxylic acid groups (broad SMARTS) is 1. The predicted octanol–water partition coefficient (Wildman–Crippen LogP) is 6.15. The van der Waals surface area contributed by atoms with E-state index in [0.717, 1.165) is 24.5 Å². The van der Waals surface area contributed by atoms with Gasteiger partial charge in [0.1, 0.15) is 19.3 Å². The molecule has 4 N–H and O–H groups in total. The van der Waals surface area contributed by atoms with E-state index in [9.17, 15) is 33.9 Å². The monoisotopic (exact) mass is 789 g/mol. The number of benzene rings is 1. The van der Waals surface area contributed by atoms with Gasteiger partial charge in [-0.1, -0.05) is 90.4 Å². The van der Waals surface area contributed by atoms with Crippen LogP contribution in [0.5, 0.6) is 0 Å². The van der Waals surface area contributed by atoms with Crippen LogP contribution >= 0.6 is 0 Å². The van der Waals surface area contributed by atoms with Gasteiger partial charge in [-0.2, -0.15) is 0 Å². The molecule has 0 aliphatic carbocycles. The minimum atomic E-state index is -1.33. The van der Waals surface area contributed by atoms with Crippen molar-refractivity contribution < 1.29 is 62.7 Å². The highest BCUT2D eigenvalue weighted by Crippen LogP contribution is 2.08. The Hall–Kier alpha value is -5.60. The quantitative estimate of drug-likeness (QED) is 0.0699. The lowest BCUT2D eigenvalue weighted by Crippen LogP contribution is -2.18. The van der Waals surface area contributed by atoms with E-state index in [1.54, 1.807) is 27.7 Å². The van der Waals surface area contributed by atoms with Gasteiger partial charge >= 0.3 is 35.8 Å². The Morgan fingerprint density at radius 1 is 0.714 bits per heavy atom. The molecule has 314 valence electrons. The normalized spacial score (nSPS) is 10.2. The summed E-state index contributed by atoms with van der Waals surface area (Å²) in [5, 5.41) is 17.9. The van der Waals surface area contributed by atoms with E-state index in [4.69, 9.17) is 25.1 Å². The summed E-state index contributed by atoms with van der Waals surface area (Å²) < 4.78 is 23.4. The van der Waals surface area contributed by atoms with Crippen molar-refractivity contribution in [3.05, 3.63) is 108 Å². The molecule has 1 rings (SSSR count). The van der Waals surface area contributed by atoms with Gasteiger partial charge in [-0.25, -0.2) is 28.8 Å². The van der Waals surface area contributed by atoms with E-state index in [2.05, 4.69) is 49.3 Å². The number of carbonyl (C=O) groups is 6. The molecule has 14 heteroatoms. The molecule has 14 nitrogen and oxygen atoms in total. The summed E-state index contributed by atoms with van der Waals surface area (Å²) in [5.41, 5.74) is 7.71. The first kappa shape index (κ1) is 57.1. The van der Waals surface area contributed by atoms with Gasteiger partial charge in [-0.15, -0.1) is 0 Å². The van der Waals surface area contributed by atoms with Crippen molar-refractivity contribution in [1.29, 1.82) is 0 Å². The van der Waals surface area contributed by atoms with Crippen LogP contribution in [-0.4, -0.2) is 85.6 Å². The Balaban J connectivity index is -0.000000308. The predicted molar refractivity (Wildman–Crippen MR) is 216 cm³/mol. The van der Waals surface area contributed by atoms with Gasteiger partial charge in [0.05, 0.1) is 25.9 Å². The summed E-state index contributed by atoms with van der Waals surface area (Å²) >= 11 is 0. The van der Waals surface area contributed by atoms with Crippen LogP contribution in [0.15, 0.2) is 103 Å². The minimum Gasteiger partial charge on any atom is -0.478 e. The summed E-state index contributed by atoms with van der Waals surface area (Å²) in [5.74, 6) is -3.08. The Kier molecular flexibility index (Phi) is 35.8. The molecule has 0 amide bonds. The number of carbonyl (C=O) groups excluding carboxylic acids is 5. The van der Waals surface area contributed by atoms with Crippen molar-refractivity contribution in [1.82, 2.24) is 0 Å². The van der Waals surface area contributed by atoms with Gasteiger partial charge in [0, 0.05) is 34.4 Å². The lowest BCUT2D eigenvalue weighted by atomic mass is 10.1. The average Bonchev–Trinajstić information content (AvgIpc) is 3.16. The van der Waals surface area contributed by atoms with Crippen LogP contribution in [0.1, 0.15) is 73.8 Å². The largest absolute Gasteiger partial charge is 0.478 e. The highest BCUT2D eigenvalue weighted by atomic mass is 16.5. The topological polar surface area (TPSA) is 215 Å². The first-order valence-corrected chi connectivity index (χ1v) is 17.5. The standard InChI is InChI=1S/C11H12O2.C10H14O5.C8H15NO2.C8H14O2.C5H8O2/c1-9(2)11(12)13-8-10-6-4-3-5-7-10;1-4-15-10(14)7(3)8(11)5-6(2)9(12)13;1-6(2)7(3)8(10)11-5-4-9;1-4-5-6-10-8(9)7(2)3;1-4(2)5(6)7-3/h3-7H,1,8H2,2H3;5,8,11H,3-4H2,1-2H3,(H,12,13);6H,3-5,9H2,1-2H3;2,4-6H2,1,3H3;1H2,2-3H3. The van der Waals surface area contributed by atoms with Gasteiger partial charge in [0.25, 0.3) is 0 Å². The molecule has 0 bridgehead atoms. The fourth-order valence-electron chi connectivity index (χ4n) is 2.69. The third kappa shape index (κ3) is 33.0. The van der Waals surface area contributed by atoms with E-state index in [1.807, 2.05) is 44.2 Å². The molecule has 0 spiro atoms. The fourth-order valence-corrected chi connectivity index (χ4v) is 2.69. The number of unbranched alkanes of at least 4 members (excludes halogenated alkanes) is 1. The van der Waals surface area contributed by atoms with Crippen LogP contribution in [0.4, 0.5) is 0 Å². The van der Waals surface area contributed by atoms with E-state index in [1.165, 1.54) is 14.0 Å². The van der Waals surface area contributed by atoms with Crippen LogP contribution < -0.4 is 5.73 Å². The molecule has 1 unspecified atom stereocenters. The van der Waals surface area contributed by atoms with Gasteiger partial charge in [-0.05, 0) is 58.6 Å². The van der Waals surface area contributed by atoms with Crippen LogP contribution in [0.3, 0.4) is 0 Å². The maximum atomic E-state index is 11.1. The molecular weight excluding hydrogens is 726 g/mol. The third-order valence-corrected chi connectivity index (χ3v) is 6.12. The lowest BCUT2D eigenvalue weighted by Gasteiger charge is -2.09. The van der Waals surface area contributed by atoms with Crippen molar-refractivity contribution in [3.8, 4) is 0 Å². The smallest absolute Gasteiger partial charge is 0.336 e. The van der Waals surface area contributed by atoms with Gasteiger partial charge < -0.3 is 39.6 Å². The van der Waals surface area contributed by atoms with Crippen molar-refractivity contribution in [2.24, 2.45) is 11.7 Å². The van der Waals surface area contributed by atoms with E-state index >= 15 is 0 Å². The molecule has 0 aliphatic heterocycles. The summed E-state index contributed by atoms with van der Waals surface area (Å²) in [7, 11) is 1.33. The molecule has 0 aliphatic rings. The van der Waals surface area contributed by atoms with Gasteiger partial charge in [0.15, 0.2) is 0 Å². The van der Waals surface area contributed by atoms with Crippen molar-refractivity contribution in [2.75, 3.05) is 33.5 Å². The van der Waals surface area contributed by atoms with Gasteiger partial charge in [0.2, 0.25) is 0 Å². The van der Waals surface area contributed by atoms with Crippen LogP contribution in [0, 0.1) is 5.92 Å². The molecule has 0 aromatic heterocycles. The Morgan fingerprint density at radius 2 is 1.18 bits per heavy atom. The molecule has 56 heavy (non-hydrogen) atoms. The number of aliphatic carboxylic acids is 1. The molecule has 0 heterocycles. The number of hydrogen-bond acceptors (Lipinski definition) is 13. The second kappa shape index (κ2) is 35.1. The molecule has 1 aromatic rings. The zero-order valence-electron chi connectivity index (χ0n) is 34.6. The van der Waals surface area contributed by atoms with Crippen molar-refractivity contribution in [3.63, 3.8) is 0 Å². The van der Waals surface area contributed by atoms with E-state index < -0.39 is 18.0 Å². The van der Waals surface area contributed by atoms with Crippen LogP contribution in [0.2, 0.25) is 0 Å². The highest BCUT2D eigenvalue weighted by Gasteiger charge is 2.17. The summed E-state index contributed by atoms with van der Waals surface area (Å²) in [6.45, 7) is 32.5. The number of aliphatic hydroxyl groups is 1. The zero-order chi connectivity index (χ0) is 44.4. The number of esters is 5. The SMILES string of the molecule is C=C(C(=O)OCC)C(O)C=C(C)C(=O)O.C=C(C(=O)OCCN)C(C)C.C=C(C)C(=O)OC.C=C(C)C(=O)OCCCC.C=C(C)C(=O)OCc1ccccc1. The molecule has 0 saturated carbocycles. The lowest BCUT2D eigenvalue weighted by molar-refractivity contribution is -0.140. The molecule has 1 aromatic carbocycles. The van der Waals surface area contributed by atoms with E-state index in [0.29, 0.717) is 42.1 Å². The Morgan fingerprint density at radius 3 is 1.55 bits per heavy atom. The van der Waals surface area contributed by atoms with Gasteiger partial charge in [-0.3, -0.25) is 0 Å². The Bertz CT molecular complexity index is 1470. The molecule has 1 atom stereocenters. The molecule has 0 fully saturated rings. The summed E-state index contributed by atoms with van der Waals surface area (Å²) in [6.07, 6.45) is 1.67. The maximum absolute atomic E-state index is 11.1. The zero-order valence-corrected chi connectivity index (χ0v) is 34.6. The molecule has 0 radical (unpaired) electrons. The van der Waals surface area contributed by atoms with Crippen LogP contribution in [-0.2, 0) is 59.1 Å². The Labute approximate surface area is 332 Å². The second-order valence-corrected chi connectivity index (χ2v) is 11.8. The van der Waals surface area contributed by atoms with Crippen molar-refractivity contribution in [2.45, 2.75) is 80.9 Å². The summed E-state index contributed by atoms with van der Waals surface area (Å²) in [4.78, 5) is 64.4. The molecule has 0 saturated heterocycles. The first-order chi connectivity index (χ1) is 26.0. The van der Waals surface area contributed by atoms with Crippen molar-refractivity contribution >= 4 is 35.8 Å². The molecular formula is C42H63NO13. The number of rotatable bonds is 17. The highest BCUT2D eigenvalue weighted by molar-refractivity contribution is 5.91. The minimum absolute atomic E-state index is 0.0621.